The molecule has 0 N–H and O–H groups in total. The Morgan fingerprint density at radius 3 is 2.44 bits per heavy atom. The second-order valence-electron chi connectivity index (χ2n) is 7.28. The van der Waals surface area contributed by atoms with Crippen molar-refractivity contribution in [2.45, 2.75) is 40.5 Å². The van der Waals surface area contributed by atoms with Gasteiger partial charge in [0.25, 0.3) is 0 Å². The molecule has 0 aromatic carbocycles. The minimum absolute atomic E-state index is 0.659. The lowest BCUT2D eigenvalue weighted by atomic mass is 9.76. The van der Waals surface area contributed by atoms with Crippen LogP contribution in [0.2, 0.25) is 0 Å². The van der Waals surface area contributed by atoms with Gasteiger partial charge in [0.2, 0.25) is 0 Å². The molecule has 0 bridgehead atoms. The molecule has 88 valence electrons. The van der Waals surface area contributed by atoms with Crippen molar-refractivity contribution in [3.05, 3.63) is 12.2 Å². The van der Waals surface area contributed by atoms with Crippen molar-refractivity contribution in [3.63, 3.8) is 0 Å². The Bertz CT molecular complexity index is 387. The molecule has 0 aromatic heterocycles. The zero-order chi connectivity index (χ0) is 11.5. The van der Waals surface area contributed by atoms with Crippen molar-refractivity contribution in [2.75, 3.05) is 0 Å². The summed E-state index contributed by atoms with van der Waals surface area (Å²) in [5.41, 5.74) is 3.11. The molecular weight excluding hydrogens is 192 g/mol. The quantitative estimate of drug-likeness (QED) is 0.620. The summed E-state index contributed by atoms with van der Waals surface area (Å²) in [6, 6.07) is 0. The standard InChI is InChI=1S/C16H24/c1-6-11-7-12(11)15(9(4)8(2)3)14-13-10(5)16(13,14)15/h8,10-14H,4,6-7H2,1-3,5H3. The van der Waals surface area contributed by atoms with Crippen LogP contribution >= 0.6 is 0 Å². The molecule has 0 amide bonds. The van der Waals surface area contributed by atoms with Gasteiger partial charge in [-0.3, -0.25) is 0 Å². The summed E-state index contributed by atoms with van der Waals surface area (Å²) in [7, 11) is 0. The van der Waals surface area contributed by atoms with Crippen LogP contribution in [0.4, 0.5) is 0 Å². The molecule has 16 heavy (non-hydrogen) atoms. The maximum atomic E-state index is 4.51. The highest BCUT2D eigenvalue weighted by Crippen LogP contribution is 3.13. The fraction of sp³-hybridized carbons (Fsp3) is 0.875. The fourth-order valence-corrected chi connectivity index (χ4v) is 5.93. The van der Waals surface area contributed by atoms with Crippen LogP contribution in [-0.2, 0) is 0 Å². The SMILES string of the molecule is C=C(C(C)C)C1(C2CC2CC)C2C3C(C)C321. The normalized spacial score (nSPS) is 63.7. The summed E-state index contributed by atoms with van der Waals surface area (Å²) in [6.07, 6.45) is 2.92. The second kappa shape index (κ2) is 2.31. The van der Waals surface area contributed by atoms with E-state index in [0.717, 1.165) is 35.0 Å². The minimum Gasteiger partial charge on any atom is -0.0990 e. The molecule has 7 unspecified atom stereocenters. The molecule has 0 saturated heterocycles. The summed E-state index contributed by atoms with van der Waals surface area (Å²) < 4.78 is 0. The van der Waals surface area contributed by atoms with Crippen molar-refractivity contribution in [3.8, 4) is 0 Å². The van der Waals surface area contributed by atoms with Crippen molar-refractivity contribution in [1.29, 1.82) is 0 Å². The van der Waals surface area contributed by atoms with E-state index in [1.54, 1.807) is 5.57 Å². The largest absolute Gasteiger partial charge is 0.0990 e. The van der Waals surface area contributed by atoms with Crippen LogP contribution in [0.1, 0.15) is 40.5 Å². The minimum atomic E-state index is 0.659. The molecule has 0 heteroatoms. The molecule has 1 spiro atoms. The van der Waals surface area contributed by atoms with Crippen molar-refractivity contribution < 1.29 is 0 Å². The van der Waals surface area contributed by atoms with E-state index in [1.807, 2.05) is 0 Å². The highest BCUT2D eigenvalue weighted by molar-refractivity contribution is 5.61. The molecule has 4 saturated carbocycles. The molecule has 4 fully saturated rings. The maximum Gasteiger partial charge on any atom is 0.00447 e. The first-order valence-corrected chi connectivity index (χ1v) is 7.25. The third-order valence-electron chi connectivity index (χ3n) is 6.88. The predicted molar refractivity (Wildman–Crippen MR) is 66.9 cm³/mol. The molecule has 0 nitrogen and oxygen atoms in total. The fourth-order valence-electron chi connectivity index (χ4n) is 5.93. The number of hydrogen-bond donors (Lipinski definition) is 0. The van der Waals surface area contributed by atoms with E-state index in [1.165, 1.54) is 12.8 Å². The average Bonchev–Trinajstić information content (AvgIpc) is 3.06. The van der Waals surface area contributed by atoms with Gasteiger partial charge in [-0.25, -0.2) is 0 Å². The first kappa shape index (κ1) is 9.74. The molecule has 4 rings (SSSR count). The Morgan fingerprint density at radius 2 is 2.12 bits per heavy atom. The van der Waals surface area contributed by atoms with Gasteiger partial charge in [-0.2, -0.15) is 0 Å². The van der Waals surface area contributed by atoms with E-state index in [-0.39, 0.29) is 0 Å². The number of rotatable bonds is 4. The molecule has 0 aliphatic heterocycles. The lowest BCUT2D eigenvalue weighted by molar-refractivity contribution is 0.325. The summed E-state index contributed by atoms with van der Waals surface area (Å²) >= 11 is 0. The van der Waals surface area contributed by atoms with Gasteiger partial charge in [0.1, 0.15) is 0 Å². The topological polar surface area (TPSA) is 0 Å². The molecule has 4 aliphatic carbocycles. The van der Waals surface area contributed by atoms with E-state index in [2.05, 4.69) is 34.3 Å². The summed E-state index contributed by atoms with van der Waals surface area (Å²) in [6.45, 7) is 14.1. The van der Waals surface area contributed by atoms with Gasteiger partial charge < -0.3 is 0 Å². The van der Waals surface area contributed by atoms with Crippen LogP contribution < -0.4 is 0 Å². The van der Waals surface area contributed by atoms with Gasteiger partial charge in [0, 0.05) is 5.41 Å². The first-order chi connectivity index (χ1) is 7.56. The molecular formula is C16H24. The van der Waals surface area contributed by atoms with E-state index in [9.17, 15) is 0 Å². The van der Waals surface area contributed by atoms with Crippen LogP contribution in [-0.4, -0.2) is 0 Å². The summed E-state index contributed by atoms with van der Waals surface area (Å²) in [5.74, 6) is 6.08. The monoisotopic (exact) mass is 216 g/mol. The second-order valence-corrected chi connectivity index (χ2v) is 7.28. The molecule has 0 radical (unpaired) electrons. The highest BCUT2D eigenvalue weighted by Gasteiger charge is 3.10. The molecule has 0 heterocycles. The Balaban J connectivity index is 1.65. The van der Waals surface area contributed by atoms with E-state index in [4.69, 9.17) is 0 Å². The van der Waals surface area contributed by atoms with E-state index < -0.39 is 0 Å². The lowest BCUT2D eigenvalue weighted by Crippen LogP contribution is -2.22. The molecule has 4 aliphatic rings. The predicted octanol–water partition coefficient (Wildman–Crippen LogP) is 4.13. The zero-order valence-electron chi connectivity index (χ0n) is 11.1. The van der Waals surface area contributed by atoms with Crippen LogP contribution in [0.5, 0.6) is 0 Å². The summed E-state index contributed by atoms with van der Waals surface area (Å²) in [4.78, 5) is 0. The van der Waals surface area contributed by atoms with Crippen molar-refractivity contribution in [2.24, 2.45) is 46.3 Å². The van der Waals surface area contributed by atoms with E-state index >= 15 is 0 Å². The molecule has 0 aromatic rings. The van der Waals surface area contributed by atoms with Gasteiger partial charge >= 0.3 is 0 Å². The highest BCUT2D eigenvalue weighted by atomic mass is 15.1. The van der Waals surface area contributed by atoms with Crippen molar-refractivity contribution in [1.82, 2.24) is 0 Å². The Kier molecular flexibility index (Phi) is 1.40. The average molecular weight is 216 g/mol. The number of hydrogen-bond acceptors (Lipinski definition) is 0. The Morgan fingerprint density at radius 1 is 1.44 bits per heavy atom. The van der Waals surface area contributed by atoms with Gasteiger partial charge in [-0.1, -0.05) is 46.3 Å². The van der Waals surface area contributed by atoms with Crippen LogP contribution in [0.25, 0.3) is 0 Å². The van der Waals surface area contributed by atoms with E-state index in [0.29, 0.717) is 11.3 Å². The third-order valence-corrected chi connectivity index (χ3v) is 6.88. The van der Waals surface area contributed by atoms with Crippen LogP contribution in [0.15, 0.2) is 12.2 Å². The number of allylic oxidation sites excluding steroid dienone is 1. The summed E-state index contributed by atoms with van der Waals surface area (Å²) in [5, 5.41) is 0. The van der Waals surface area contributed by atoms with Crippen LogP contribution in [0.3, 0.4) is 0 Å². The first-order valence-electron chi connectivity index (χ1n) is 7.25. The van der Waals surface area contributed by atoms with Crippen LogP contribution in [0, 0.1) is 46.3 Å². The zero-order valence-corrected chi connectivity index (χ0v) is 11.1. The molecule has 7 atom stereocenters. The Labute approximate surface area is 99.5 Å². The van der Waals surface area contributed by atoms with Crippen molar-refractivity contribution >= 4 is 0 Å². The third kappa shape index (κ3) is 0.646. The Hall–Kier alpha value is -0.260. The van der Waals surface area contributed by atoms with Gasteiger partial charge in [-0.05, 0) is 47.3 Å². The number of fused-ring (bicyclic) bond motifs is 1. The smallest absolute Gasteiger partial charge is 0.00447 e. The maximum absolute atomic E-state index is 4.51. The van der Waals surface area contributed by atoms with Gasteiger partial charge in [0.05, 0.1) is 0 Å². The lowest BCUT2D eigenvalue weighted by Gasteiger charge is -2.28. The van der Waals surface area contributed by atoms with Gasteiger partial charge in [-0.15, -0.1) is 0 Å². The van der Waals surface area contributed by atoms with Gasteiger partial charge in [0.15, 0.2) is 0 Å².